The van der Waals surface area contributed by atoms with Crippen LogP contribution in [0, 0.1) is 0 Å². The number of benzene rings is 2. The molecule has 150 valence electrons. The van der Waals surface area contributed by atoms with Crippen LogP contribution >= 0.6 is 11.6 Å². The second-order valence-electron chi connectivity index (χ2n) is 6.28. The fourth-order valence-electron chi connectivity index (χ4n) is 2.71. The van der Waals surface area contributed by atoms with Crippen molar-refractivity contribution >= 4 is 33.0 Å². The number of aliphatic hydroxyl groups excluding tert-OH is 1. The molecule has 0 radical (unpaired) electrons. The summed E-state index contributed by atoms with van der Waals surface area (Å²) in [6.07, 6.45) is 1.83. The van der Waals surface area contributed by atoms with E-state index in [2.05, 4.69) is 10.3 Å². The van der Waals surface area contributed by atoms with Crippen LogP contribution in [-0.2, 0) is 9.84 Å². The van der Waals surface area contributed by atoms with Crippen LogP contribution in [0.15, 0.2) is 71.8 Å². The molecule has 0 saturated heterocycles. The number of aromatic nitrogens is 1. The predicted molar refractivity (Wildman–Crippen MR) is 113 cm³/mol. The Hall–Kier alpha value is -2.74. The Kier molecular flexibility index (Phi) is 6.64. The third-order valence-corrected chi connectivity index (χ3v) is 6.36. The summed E-state index contributed by atoms with van der Waals surface area (Å²) in [6.45, 7) is -0.193. The molecular formula is C21H19ClN2O4S. The number of carbonyl (C=O) groups is 1. The molecule has 1 amide bonds. The number of pyridine rings is 1. The van der Waals surface area contributed by atoms with Crippen molar-refractivity contribution in [2.45, 2.75) is 11.3 Å². The van der Waals surface area contributed by atoms with Gasteiger partial charge in [0.25, 0.3) is 5.91 Å². The Bertz CT molecular complexity index is 1100. The third kappa shape index (κ3) is 5.20. The smallest absolute Gasteiger partial charge is 0.255 e. The number of hydrogen-bond donors (Lipinski definition) is 2. The molecule has 3 rings (SSSR count). The Morgan fingerprint density at radius 3 is 2.48 bits per heavy atom. The first kappa shape index (κ1) is 21.0. The zero-order valence-corrected chi connectivity index (χ0v) is 16.9. The number of sulfone groups is 1. The molecular weight excluding hydrogens is 412 g/mol. The van der Waals surface area contributed by atoms with Gasteiger partial charge in [0.2, 0.25) is 0 Å². The van der Waals surface area contributed by atoms with E-state index < -0.39 is 9.84 Å². The lowest BCUT2D eigenvalue weighted by atomic mass is 10.1. The lowest BCUT2D eigenvalue weighted by molar-refractivity contribution is 0.102. The predicted octanol–water partition coefficient (Wildman–Crippen LogP) is 3.81. The first-order valence-corrected chi connectivity index (χ1v) is 10.9. The molecule has 0 unspecified atom stereocenters. The van der Waals surface area contributed by atoms with Crippen molar-refractivity contribution in [3.8, 4) is 11.3 Å². The molecule has 3 aromatic rings. The van der Waals surface area contributed by atoms with E-state index in [1.54, 1.807) is 30.5 Å². The van der Waals surface area contributed by atoms with Crippen molar-refractivity contribution in [3.63, 3.8) is 0 Å². The van der Waals surface area contributed by atoms with Gasteiger partial charge in [-0.25, -0.2) is 8.42 Å². The fourth-order valence-corrected chi connectivity index (χ4v) is 4.22. The molecule has 0 aliphatic carbocycles. The van der Waals surface area contributed by atoms with Crippen molar-refractivity contribution < 1.29 is 18.3 Å². The van der Waals surface area contributed by atoms with E-state index in [1.807, 2.05) is 12.1 Å². The van der Waals surface area contributed by atoms with E-state index in [9.17, 15) is 13.2 Å². The summed E-state index contributed by atoms with van der Waals surface area (Å²) in [5, 5.41) is 12.1. The Balaban J connectivity index is 1.77. The third-order valence-electron chi connectivity index (χ3n) is 4.21. The van der Waals surface area contributed by atoms with E-state index in [0.29, 0.717) is 27.5 Å². The number of rotatable bonds is 7. The number of hydrogen-bond acceptors (Lipinski definition) is 5. The highest BCUT2D eigenvalue weighted by Crippen LogP contribution is 2.29. The van der Waals surface area contributed by atoms with Gasteiger partial charge in [0.15, 0.2) is 9.84 Å². The van der Waals surface area contributed by atoms with Crippen molar-refractivity contribution in [1.82, 2.24) is 4.98 Å². The summed E-state index contributed by atoms with van der Waals surface area (Å²) in [6, 6.07) is 16.3. The van der Waals surface area contributed by atoms with Crippen LogP contribution in [0.1, 0.15) is 16.8 Å². The topological polar surface area (TPSA) is 96.4 Å². The first-order chi connectivity index (χ1) is 13.9. The Labute approximate surface area is 174 Å². The van der Waals surface area contributed by atoms with Gasteiger partial charge in [-0.05, 0) is 61.0 Å². The number of anilines is 1. The molecule has 0 spiro atoms. The fraction of sp³-hybridized carbons (Fsp3) is 0.143. The van der Waals surface area contributed by atoms with Crippen molar-refractivity contribution in [2.24, 2.45) is 0 Å². The highest BCUT2D eigenvalue weighted by Gasteiger charge is 2.15. The van der Waals surface area contributed by atoms with E-state index in [-0.39, 0.29) is 29.6 Å². The number of halogens is 1. The van der Waals surface area contributed by atoms with Crippen LogP contribution in [0.4, 0.5) is 5.69 Å². The molecule has 1 heterocycles. The van der Waals surface area contributed by atoms with Gasteiger partial charge in [-0.15, -0.1) is 0 Å². The van der Waals surface area contributed by atoms with Gasteiger partial charge in [-0.2, -0.15) is 0 Å². The summed E-state index contributed by atoms with van der Waals surface area (Å²) in [7, 11) is -3.48. The van der Waals surface area contributed by atoms with Crippen LogP contribution in [0.25, 0.3) is 11.3 Å². The zero-order valence-electron chi connectivity index (χ0n) is 15.4. The molecule has 0 aliphatic heterocycles. The summed E-state index contributed by atoms with van der Waals surface area (Å²) in [5.41, 5.74) is 2.24. The lowest BCUT2D eigenvalue weighted by Gasteiger charge is -2.10. The van der Waals surface area contributed by atoms with E-state index >= 15 is 0 Å². The van der Waals surface area contributed by atoms with Gasteiger partial charge in [0.05, 0.1) is 21.4 Å². The molecule has 0 saturated carbocycles. The standard InChI is InChI=1S/C21H19ClN2O4S/c22-19-10-7-16(14-18(19)20-4-1-2-11-23-20)24-21(26)15-5-8-17(9-6-15)29(27,28)13-3-12-25/h1-2,4-11,14,25H,3,12-13H2,(H,24,26). The highest BCUT2D eigenvalue weighted by molar-refractivity contribution is 7.91. The summed E-state index contributed by atoms with van der Waals surface area (Å²) < 4.78 is 24.3. The average Bonchev–Trinajstić information content (AvgIpc) is 2.74. The molecule has 0 bridgehead atoms. The monoisotopic (exact) mass is 430 g/mol. The van der Waals surface area contributed by atoms with E-state index in [4.69, 9.17) is 16.7 Å². The highest BCUT2D eigenvalue weighted by atomic mass is 35.5. The van der Waals surface area contributed by atoms with Gasteiger partial charge in [0.1, 0.15) is 0 Å². The van der Waals surface area contributed by atoms with Crippen molar-refractivity contribution in [3.05, 3.63) is 77.4 Å². The second-order valence-corrected chi connectivity index (χ2v) is 8.80. The van der Waals surface area contributed by atoms with Gasteiger partial charge in [0, 0.05) is 29.6 Å². The number of nitrogens with zero attached hydrogens (tertiary/aromatic N) is 1. The normalized spacial score (nSPS) is 11.2. The molecule has 0 fully saturated rings. The second kappa shape index (κ2) is 9.17. The molecule has 2 aromatic carbocycles. The summed E-state index contributed by atoms with van der Waals surface area (Å²) in [5.74, 6) is -0.519. The SMILES string of the molecule is O=C(Nc1ccc(Cl)c(-c2ccccn2)c1)c1ccc(S(=O)(=O)CCCO)cc1. The minimum absolute atomic E-state index is 0.117. The van der Waals surface area contributed by atoms with Crippen LogP contribution in [0.3, 0.4) is 0 Å². The number of aliphatic hydroxyl groups is 1. The van der Waals surface area contributed by atoms with Crippen LogP contribution in [0.5, 0.6) is 0 Å². The van der Waals surface area contributed by atoms with Crippen molar-refractivity contribution in [2.75, 3.05) is 17.7 Å². The van der Waals surface area contributed by atoms with Crippen LogP contribution < -0.4 is 5.32 Å². The minimum Gasteiger partial charge on any atom is -0.396 e. The van der Waals surface area contributed by atoms with Crippen LogP contribution in [0.2, 0.25) is 5.02 Å². The number of nitrogens with one attached hydrogen (secondary N) is 1. The quantitative estimate of drug-likeness (QED) is 0.594. The molecule has 29 heavy (non-hydrogen) atoms. The minimum atomic E-state index is -3.48. The maximum absolute atomic E-state index is 12.5. The maximum atomic E-state index is 12.5. The largest absolute Gasteiger partial charge is 0.396 e. The molecule has 2 N–H and O–H groups in total. The average molecular weight is 431 g/mol. The van der Waals surface area contributed by atoms with Crippen molar-refractivity contribution in [1.29, 1.82) is 0 Å². The maximum Gasteiger partial charge on any atom is 0.255 e. The molecule has 0 aliphatic rings. The summed E-state index contributed by atoms with van der Waals surface area (Å²) in [4.78, 5) is 16.9. The summed E-state index contributed by atoms with van der Waals surface area (Å²) >= 11 is 6.26. The van der Waals surface area contributed by atoms with Gasteiger partial charge < -0.3 is 10.4 Å². The molecule has 6 nitrogen and oxygen atoms in total. The number of carbonyl (C=O) groups excluding carboxylic acids is 1. The Morgan fingerprint density at radius 1 is 1.07 bits per heavy atom. The first-order valence-electron chi connectivity index (χ1n) is 8.87. The lowest BCUT2D eigenvalue weighted by Crippen LogP contribution is -2.13. The zero-order chi connectivity index (χ0) is 20.9. The molecule has 8 heteroatoms. The van der Waals surface area contributed by atoms with Crippen LogP contribution in [-0.4, -0.2) is 36.8 Å². The molecule has 0 atom stereocenters. The number of amides is 1. The van der Waals surface area contributed by atoms with E-state index in [1.165, 1.54) is 24.3 Å². The van der Waals surface area contributed by atoms with Gasteiger partial charge in [-0.1, -0.05) is 17.7 Å². The Morgan fingerprint density at radius 2 is 1.83 bits per heavy atom. The molecule has 1 aromatic heterocycles. The van der Waals surface area contributed by atoms with Gasteiger partial charge >= 0.3 is 0 Å². The van der Waals surface area contributed by atoms with Gasteiger partial charge in [-0.3, -0.25) is 9.78 Å². The van der Waals surface area contributed by atoms with E-state index in [0.717, 1.165) is 0 Å².